The van der Waals surface area contributed by atoms with Crippen molar-refractivity contribution in [2.24, 2.45) is 0 Å². The number of nitrogens with one attached hydrogen (secondary N) is 1. The van der Waals surface area contributed by atoms with Gasteiger partial charge in [-0.05, 0) is 50.1 Å². The number of aliphatic hydroxyl groups excluding tert-OH is 1. The Bertz CT molecular complexity index is 1110. The minimum Gasteiger partial charge on any atom is -0.391 e. The van der Waals surface area contributed by atoms with E-state index in [2.05, 4.69) is 9.88 Å². The van der Waals surface area contributed by atoms with Crippen LogP contribution in [0.3, 0.4) is 0 Å². The molecule has 1 saturated heterocycles. The number of rotatable bonds is 9. The largest absolute Gasteiger partial charge is 0.391 e. The summed E-state index contributed by atoms with van der Waals surface area (Å²) in [5.74, 6) is -0.311. The Balaban J connectivity index is 1.58. The lowest BCUT2D eigenvalue weighted by Gasteiger charge is -2.18. The molecular formula is C23H28FN2O4PS. The van der Waals surface area contributed by atoms with Crippen LogP contribution in [0.15, 0.2) is 47.5 Å². The third-order valence-corrected chi connectivity index (χ3v) is 9.20. The highest BCUT2D eigenvalue weighted by Gasteiger charge is 2.25. The van der Waals surface area contributed by atoms with Crippen molar-refractivity contribution < 1.29 is 23.1 Å². The molecule has 3 aromatic rings. The molecule has 0 bridgehead atoms. The Labute approximate surface area is 191 Å². The lowest BCUT2D eigenvalue weighted by molar-refractivity contribution is 0.198. The normalized spacial score (nSPS) is 16.9. The van der Waals surface area contributed by atoms with Gasteiger partial charge in [0.25, 0.3) is 0 Å². The number of thioether (sulfide) groups is 1. The van der Waals surface area contributed by atoms with Crippen LogP contribution in [0.4, 0.5) is 10.1 Å². The van der Waals surface area contributed by atoms with E-state index in [4.69, 9.17) is 9.05 Å². The molecule has 2 aromatic carbocycles. The molecule has 1 aromatic heterocycles. The maximum Gasteiger partial charge on any atom is 0.340 e. The second kappa shape index (κ2) is 9.98. The number of aromatic nitrogens is 1. The summed E-state index contributed by atoms with van der Waals surface area (Å²) in [6.45, 7) is 5.64. The summed E-state index contributed by atoms with van der Waals surface area (Å²) < 4.78 is 38.4. The number of halogens is 1. The van der Waals surface area contributed by atoms with E-state index in [1.165, 1.54) is 17.8 Å². The maximum atomic E-state index is 14.9. The number of hydrogen-bond donors (Lipinski definition) is 2. The first-order chi connectivity index (χ1) is 15.4. The fourth-order valence-corrected chi connectivity index (χ4v) is 7.05. The number of nitrogens with zero attached hydrogens (tertiary/aromatic N) is 1. The predicted molar refractivity (Wildman–Crippen MR) is 128 cm³/mol. The van der Waals surface area contributed by atoms with Crippen molar-refractivity contribution in [3.05, 3.63) is 48.4 Å². The van der Waals surface area contributed by atoms with Crippen molar-refractivity contribution in [3.63, 3.8) is 0 Å². The van der Waals surface area contributed by atoms with E-state index >= 15 is 0 Å². The highest BCUT2D eigenvalue weighted by molar-refractivity contribution is 8.04. The van der Waals surface area contributed by atoms with Gasteiger partial charge >= 0.3 is 7.60 Å². The van der Waals surface area contributed by atoms with Crippen LogP contribution in [0.1, 0.15) is 20.3 Å². The zero-order valence-corrected chi connectivity index (χ0v) is 19.9. The van der Waals surface area contributed by atoms with Crippen LogP contribution in [0.2, 0.25) is 0 Å². The molecule has 32 heavy (non-hydrogen) atoms. The van der Waals surface area contributed by atoms with Crippen molar-refractivity contribution in [3.8, 4) is 11.1 Å². The van der Waals surface area contributed by atoms with E-state index in [1.54, 1.807) is 20.0 Å². The van der Waals surface area contributed by atoms with E-state index < -0.39 is 7.60 Å². The molecule has 0 amide bonds. The van der Waals surface area contributed by atoms with Gasteiger partial charge < -0.3 is 24.0 Å². The van der Waals surface area contributed by atoms with E-state index in [0.717, 1.165) is 34.5 Å². The lowest BCUT2D eigenvalue weighted by atomic mass is 10.0. The van der Waals surface area contributed by atoms with Crippen LogP contribution in [-0.2, 0) is 13.6 Å². The lowest BCUT2D eigenvalue weighted by Crippen LogP contribution is -2.20. The van der Waals surface area contributed by atoms with Gasteiger partial charge in [-0.15, -0.1) is 11.8 Å². The predicted octanol–water partition coefficient (Wildman–Crippen LogP) is 5.86. The highest BCUT2D eigenvalue weighted by atomic mass is 32.2. The Kier molecular flexibility index (Phi) is 7.27. The smallest absolute Gasteiger partial charge is 0.340 e. The van der Waals surface area contributed by atoms with Gasteiger partial charge in [0, 0.05) is 46.3 Å². The number of fused-ring (bicyclic) bond motifs is 1. The summed E-state index contributed by atoms with van der Waals surface area (Å²) in [5.41, 5.74) is 3.17. The first-order valence-electron chi connectivity index (χ1n) is 10.8. The Morgan fingerprint density at radius 2 is 1.94 bits per heavy atom. The molecule has 9 heteroatoms. The van der Waals surface area contributed by atoms with Crippen molar-refractivity contribution in [2.75, 3.05) is 36.7 Å². The third-order valence-electron chi connectivity index (χ3n) is 5.47. The van der Waals surface area contributed by atoms with Crippen LogP contribution in [0.25, 0.3) is 22.0 Å². The van der Waals surface area contributed by atoms with Crippen LogP contribution in [0, 0.1) is 5.82 Å². The van der Waals surface area contributed by atoms with Gasteiger partial charge in [-0.3, -0.25) is 4.57 Å². The van der Waals surface area contributed by atoms with Gasteiger partial charge in [0.15, 0.2) is 0 Å². The van der Waals surface area contributed by atoms with Gasteiger partial charge in [0.1, 0.15) is 11.3 Å². The molecule has 0 aliphatic carbocycles. The van der Waals surface area contributed by atoms with Crippen molar-refractivity contribution in [2.45, 2.75) is 31.3 Å². The zero-order valence-electron chi connectivity index (χ0n) is 18.2. The molecule has 2 N–H and O–H groups in total. The maximum absolute atomic E-state index is 14.9. The molecule has 6 nitrogen and oxygen atoms in total. The van der Waals surface area contributed by atoms with Crippen molar-refractivity contribution >= 4 is 35.9 Å². The number of aromatic amines is 1. The SMILES string of the molecule is CCOP(=O)(CSc1c[nH]c2cc(F)c(-c3ccc(N4CC[C@H](O)C4)cc3)cc12)OCC. The minimum absolute atomic E-state index is 0.185. The Hall–Kier alpha value is -1.83. The zero-order chi connectivity index (χ0) is 22.7. The fourth-order valence-electron chi connectivity index (χ4n) is 3.94. The number of benzene rings is 2. The molecule has 1 aliphatic heterocycles. The van der Waals surface area contributed by atoms with Gasteiger partial charge in [-0.2, -0.15) is 0 Å². The van der Waals surface area contributed by atoms with E-state index in [-0.39, 0.29) is 17.4 Å². The van der Waals surface area contributed by atoms with Crippen LogP contribution in [-0.4, -0.2) is 48.0 Å². The summed E-state index contributed by atoms with van der Waals surface area (Å²) in [5, 5.41) is 10.6. The first kappa shape index (κ1) is 23.3. The molecule has 4 rings (SSSR count). The van der Waals surface area contributed by atoms with Crippen molar-refractivity contribution in [1.29, 1.82) is 0 Å². The highest BCUT2D eigenvalue weighted by Crippen LogP contribution is 2.52. The summed E-state index contributed by atoms with van der Waals surface area (Å²) in [6, 6.07) is 11.0. The second-order valence-corrected chi connectivity index (χ2v) is 11.2. The fraction of sp³-hybridized carbons (Fsp3) is 0.391. The van der Waals surface area contributed by atoms with Gasteiger partial charge in [-0.1, -0.05) is 12.1 Å². The topological polar surface area (TPSA) is 74.8 Å². The van der Waals surface area contributed by atoms with Crippen molar-refractivity contribution in [1.82, 2.24) is 4.98 Å². The molecule has 0 spiro atoms. The van der Waals surface area contributed by atoms with Gasteiger partial charge in [0.05, 0.1) is 19.3 Å². The standard InChI is InChI=1S/C23H28FN2O4PS/c1-3-29-31(28,30-4-2)15-32-23-13-25-22-12-21(24)19(11-20(22)23)16-5-7-17(8-6-16)26-10-9-18(27)14-26/h5-8,11-13,18,25,27H,3-4,9-10,14-15H2,1-2H3/t18-/m0/s1. The number of H-pyrrole nitrogens is 1. The molecule has 2 heterocycles. The minimum atomic E-state index is -3.19. The van der Waals surface area contributed by atoms with Gasteiger partial charge in [-0.25, -0.2) is 4.39 Å². The molecule has 0 unspecified atom stereocenters. The third kappa shape index (κ3) is 5.05. The van der Waals surface area contributed by atoms with E-state index in [1.807, 2.05) is 30.3 Å². The Morgan fingerprint density at radius 3 is 2.56 bits per heavy atom. The van der Waals surface area contributed by atoms with Crippen LogP contribution < -0.4 is 4.90 Å². The first-order valence-corrected chi connectivity index (χ1v) is 13.5. The summed E-state index contributed by atoms with van der Waals surface area (Å²) in [6.07, 6.45) is 2.27. The molecular weight excluding hydrogens is 450 g/mol. The molecule has 172 valence electrons. The number of anilines is 1. The van der Waals surface area contributed by atoms with Gasteiger partial charge in [0.2, 0.25) is 0 Å². The number of aliphatic hydroxyl groups is 1. The molecule has 0 saturated carbocycles. The molecule has 0 radical (unpaired) electrons. The molecule has 1 fully saturated rings. The summed E-state index contributed by atoms with van der Waals surface area (Å²) in [4.78, 5) is 6.09. The van der Waals surface area contributed by atoms with E-state index in [9.17, 15) is 14.1 Å². The second-order valence-electron chi connectivity index (χ2n) is 7.69. The van der Waals surface area contributed by atoms with Crippen LogP contribution >= 0.6 is 19.4 Å². The number of β-amino-alcohol motifs (C(OH)–C–C–N with tert-alkyl or cyclic N) is 1. The molecule has 1 aliphatic rings. The molecule has 1 atom stereocenters. The monoisotopic (exact) mass is 478 g/mol. The average molecular weight is 479 g/mol. The van der Waals surface area contributed by atoms with Crippen LogP contribution in [0.5, 0.6) is 0 Å². The quantitative estimate of drug-likeness (QED) is 0.296. The number of hydrogen-bond acceptors (Lipinski definition) is 6. The Morgan fingerprint density at radius 1 is 1.22 bits per heavy atom. The average Bonchev–Trinajstić information content (AvgIpc) is 3.38. The summed E-state index contributed by atoms with van der Waals surface area (Å²) >= 11 is 1.38. The van der Waals surface area contributed by atoms with E-state index in [0.29, 0.717) is 30.8 Å². The summed E-state index contributed by atoms with van der Waals surface area (Å²) in [7, 11) is -3.19.